The number of ether oxygens (including phenoxy) is 2. The average molecular weight is 395 g/mol. The van der Waals surface area contributed by atoms with Crippen LogP contribution < -0.4 is 14.8 Å². The van der Waals surface area contributed by atoms with Gasteiger partial charge in [-0.3, -0.25) is 0 Å². The van der Waals surface area contributed by atoms with E-state index >= 15 is 0 Å². The van der Waals surface area contributed by atoms with Crippen molar-refractivity contribution in [1.82, 2.24) is 5.32 Å². The van der Waals surface area contributed by atoms with E-state index < -0.39 is 0 Å². The van der Waals surface area contributed by atoms with Gasteiger partial charge in [0.15, 0.2) is 0 Å². The van der Waals surface area contributed by atoms with Crippen LogP contribution in [-0.2, 0) is 0 Å². The van der Waals surface area contributed by atoms with E-state index in [2.05, 4.69) is 57.9 Å². The van der Waals surface area contributed by atoms with Crippen molar-refractivity contribution in [1.29, 1.82) is 0 Å². The van der Waals surface area contributed by atoms with Crippen LogP contribution in [0.25, 0.3) is 0 Å². The highest BCUT2D eigenvalue weighted by atomic mass is 79.9. The van der Waals surface area contributed by atoms with Gasteiger partial charge in [0.2, 0.25) is 0 Å². The van der Waals surface area contributed by atoms with Crippen LogP contribution in [0, 0.1) is 5.41 Å². The summed E-state index contributed by atoms with van der Waals surface area (Å²) in [5.41, 5.74) is 0.0852. The first-order valence-electron chi connectivity index (χ1n) is 6.26. The number of rotatable bonds is 7. The second-order valence-corrected chi connectivity index (χ2v) is 6.86. The lowest BCUT2D eigenvalue weighted by molar-refractivity contribution is 0.176. The van der Waals surface area contributed by atoms with E-state index in [-0.39, 0.29) is 5.41 Å². The molecule has 0 aliphatic rings. The summed E-state index contributed by atoms with van der Waals surface area (Å²) < 4.78 is 12.9. The number of methoxy groups -OCH3 is 1. The third-order valence-electron chi connectivity index (χ3n) is 2.68. The van der Waals surface area contributed by atoms with Gasteiger partial charge >= 0.3 is 0 Å². The number of hydrogen-bond acceptors (Lipinski definition) is 3. The third-order valence-corrected chi connectivity index (χ3v) is 3.92. The summed E-state index contributed by atoms with van der Waals surface area (Å²) in [5, 5.41) is 3.35. The van der Waals surface area contributed by atoms with Gasteiger partial charge in [0.05, 0.1) is 22.7 Å². The Labute approximate surface area is 132 Å². The molecule has 3 nitrogen and oxygen atoms in total. The van der Waals surface area contributed by atoms with Gasteiger partial charge in [0.1, 0.15) is 11.5 Å². The molecule has 0 radical (unpaired) electrons. The molecule has 1 aromatic rings. The largest absolute Gasteiger partial charge is 0.496 e. The molecule has 0 spiro atoms. The van der Waals surface area contributed by atoms with Gasteiger partial charge in [-0.15, -0.1) is 0 Å². The molecule has 0 heterocycles. The third kappa shape index (κ3) is 5.32. The predicted octanol–water partition coefficient (Wildman–Crippen LogP) is 4.23. The van der Waals surface area contributed by atoms with Crippen LogP contribution >= 0.6 is 31.9 Å². The Balaban J connectivity index is 2.70. The highest BCUT2D eigenvalue weighted by Crippen LogP contribution is 2.36. The van der Waals surface area contributed by atoms with Crippen LogP contribution in [0.1, 0.15) is 20.8 Å². The van der Waals surface area contributed by atoms with E-state index in [0.717, 1.165) is 33.5 Å². The lowest BCUT2D eigenvalue weighted by Crippen LogP contribution is -2.34. The molecule has 0 atom stereocenters. The van der Waals surface area contributed by atoms with E-state index in [1.165, 1.54) is 0 Å². The molecular formula is C14H21Br2NO2. The normalized spacial score (nSPS) is 11.5. The molecule has 1 aromatic carbocycles. The second-order valence-electron chi connectivity index (χ2n) is 5.15. The highest BCUT2D eigenvalue weighted by molar-refractivity contribution is 9.11. The molecule has 108 valence electrons. The minimum Gasteiger partial charge on any atom is -0.496 e. The van der Waals surface area contributed by atoms with Gasteiger partial charge in [-0.05, 0) is 50.5 Å². The standard InChI is InChI=1S/C14H21Br2NO2/c1-5-17-8-14(2,3)9-19-13-7-10(15)12(18-4)6-11(13)16/h6-7,17H,5,8-9H2,1-4H3. The monoisotopic (exact) mass is 393 g/mol. The molecular weight excluding hydrogens is 374 g/mol. The summed E-state index contributed by atoms with van der Waals surface area (Å²) in [6.45, 7) is 9.02. The zero-order chi connectivity index (χ0) is 14.5. The summed E-state index contributed by atoms with van der Waals surface area (Å²) in [6.07, 6.45) is 0. The van der Waals surface area contributed by atoms with Gasteiger partial charge in [0.25, 0.3) is 0 Å². The second kappa shape index (κ2) is 7.50. The Morgan fingerprint density at radius 1 is 1.16 bits per heavy atom. The molecule has 0 saturated carbocycles. The molecule has 5 heteroatoms. The average Bonchev–Trinajstić information content (AvgIpc) is 2.37. The molecule has 0 fully saturated rings. The maximum Gasteiger partial charge on any atom is 0.134 e. The topological polar surface area (TPSA) is 30.5 Å². The number of nitrogens with one attached hydrogen (secondary N) is 1. The SMILES string of the molecule is CCNCC(C)(C)COc1cc(Br)c(OC)cc1Br. The molecule has 1 N–H and O–H groups in total. The Morgan fingerprint density at radius 3 is 2.32 bits per heavy atom. The summed E-state index contributed by atoms with van der Waals surface area (Å²) >= 11 is 6.97. The van der Waals surface area contributed by atoms with E-state index in [1.54, 1.807) is 7.11 Å². The van der Waals surface area contributed by atoms with Crippen molar-refractivity contribution in [3.8, 4) is 11.5 Å². The van der Waals surface area contributed by atoms with E-state index in [1.807, 2.05) is 12.1 Å². The quantitative estimate of drug-likeness (QED) is 0.750. The van der Waals surface area contributed by atoms with Crippen LogP contribution in [0.4, 0.5) is 0 Å². The highest BCUT2D eigenvalue weighted by Gasteiger charge is 2.19. The van der Waals surface area contributed by atoms with Crippen LogP contribution in [0.3, 0.4) is 0 Å². The number of benzene rings is 1. The molecule has 0 amide bonds. The van der Waals surface area contributed by atoms with Gasteiger partial charge in [0, 0.05) is 12.0 Å². The lowest BCUT2D eigenvalue weighted by atomic mass is 9.95. The van der Waals surface area contributed by atoms with Crippen molar-refractivity contribution >= 4 is 31.9 Å². The Hall–Kier alpha value is -0.260. The predicted molar refractivity (Wildman–Crippen MR) is 86.2 cm³/mol. The Morgan fingerprint density at radius 2 is 1.74 bits per heavy atom. The molecule has 1 rings (SSSR count). The van der Waals surface area contributed by atoms with Crippen LogP contribution in [-0.4, -0.2) is 26.8 Å². The van der Waals surface area contributed by atoms with Gasteiger partial charge in [-0.2, -0.15) is 0 Å². The van der Waals surface area contributed by atoms with Crippen molar-refractivity contribution in [2.45, 2.75) is 20.8 Å². The molecule has 0 aromatic heterocycles. The minimum absolute atomic E-state index is 0.0852. The first-order valence-corrected chi connectivity index (χ1v) is 7.85. The lowest BCUT2D eigenvalue weighted by Gasteiger charge is -2.25. The molecule has 0 saturated heterocycles. The van der Waals surface area contributed by atoms with Crippen LogP contribution in [0.2, 0.25) is 0 Å². The Bertz CT molecular complexity index is 422. The molecule has 0 aliphatic heterocycles. The summed E-state index contributed by atoms with van der Waals surface area (Å²) in [7, 11) is 1.65. The summed E-state index contributed by atoms with van der Waals surface area (Å²) in [5.74, 6) is 1.60. The van der Waals surface area contributed by atoms with Crippen molar-refractivity contribution in [3.63, 3.8) is 0 Å². The maximum atomic E-state index is 5.91. The van der Waals surface area contributed by atoms with Crippen molar-refractivity contribution < 1.29 is 9.47 Å². The minimum atomic E-state index is 0.0852. The molecule has 0 bridgehead atoms. The zero-order valence-corrected chi connectivity index (χ0v) is 15.0. The van der Waals surface area contributed by atoms with Gasteiger partial charge < -0.3 is 14.8 Å². The summed E-state index contributed by atoms with van der Waals surface area (Å²) in [6, 6.07) is 3.82. The maximum absolute atomic E-state index is 5.91. The number of hydrogen-bond donors (Lipinski definition) is 1. The zero-order valence-electron chi connectivity index (χ0n) is 11.8. The van der Waals surface area contributed by atoms with E-state index in [4.69, 9.17) is 9.47 Å². The molecule has 19 heavy (non-hydrogen) atoms. The summed E-state index contributed by atoms with van der Waals surface area (Å²) in [4.78, 5) is 0. The Kier molecular flexibility index (Phi) is 6.63. The first kappa shape index (κ1) is 16.8. The van der Waals surface area contributed by atoms with E-state index in [9.17, 15) is 0 Å². The van der Waals surface area contributed by atoms with Gasteiger partial charge in [-0.25, -0.2) is 0 Å². The molecule has 0 aliphatic carbocycles. The fourth-order valence-electron chi connectivity index (χ4n) is 1.56. The van der Waals surface area contributed by atoms with Crippen molar-refractivity contribution in [3.05, 3.63) is 21.1 Å². The van der Waals surface area contributed by atoms with Crippen LogP contribution in [0.5, 0.6) is 11.5 Å². The first-order chi connectivity index (χ1) is 8.89. The number of halogens is 2. The van der Waals surface area contributed by atoms with E-state index in [0.29, 0.717) is 6.61 Å². The fourth-order valence-corrected chi connectivity index (χ4v) is 2.49. The molecule has 0 unspecified atom stereocenters. The van der Waals surface area contributed by atoms with Crippen LogP contribution in [0.15, 0.2) is 21.1 Å². The van der Waals surface area contributed by atoms with Crippen molar-refractivity contribution in [2.75, 3.05) is 26.8 Å². The fraction of sp³-hybridized carbons (Fsp3) is 0.571. The smallest absolute Gasteiger partial charge is 0.134 e. The van der Waals surface area contributed by atoms with Gasteiger partial charge in [-0.1, -0.05) is 20.8 Å². The van der Waals surface area contributed by atoms with Crippen molar-refractivity contribution in [2.24, 2.45) is 5.41 Å².